The molecule has 2 N–H and O–H groups in total. The van der Waals surface area contributed by atoms with Crippen LogP contribution in [0.4, 0.5) is 0 Å². The summed E-state index contributed by atoms with van der Waals surface area (Å²) in [7, 11) is -6.50. The van der Waals surface area contributed by atoms with Gasteiger partial charge in [0.05, 0.1) is 0 Å². The molecule has 0 amide bonds. The summed E-state index contributed by atoms with van der Waals surface area (Å²) in [6, 6.07) is 0. The minimum absolute atomic E-state index is 0.440. The van der Waals surface area contributed by atoms with Crippen LogP contribution in [0, 0.1) is 0 Å². The van der Waals surface area contributed by atoms with E-state index in [1.165, 1.54) is 0 Å². The van der Waals surface area contributed by atoms with Gasteiger partial charge in [0.1, 0.15) is 13.2 Å². The van der Waals surface area contributed by atoms with Gasteiger partial charge in [0.25, 0.3) is 0 Å². The van der Waals surface area contributed by atoms with Gasteiger partial charge >= 0.3 is 18.7 Å². The summed E-state index contributed by atoms with van der Waals surface area (Å²) in [5, 5.41) is 0. The highest BCUT2D eigenvalue weighted by Gasteiger charge is 2.15. The third kappa shape index (κ3) is 33.5. The first-order chi connectivity index (χ1) is 5.81. The van der Waals surface area contributed by atoms with Crippen molar-refractivity contribution in [1.82, 2.24) is 0 Å². The predicted octanol–water partition coefficient (Wildman–Crippen LogP) is 1.06. The molecule has 0 aromatic heterocycles. The van der Waals surface area contributed by atoms with Crippen LogP contribution in [-0.4, -0.2) is 30.7 Å². The zero-order chi connectivity index (χ0) is 10.9. The van der Waals surface area contributed by atoms with Crippen LogP contribution in [-0.2, 0) is 24.0 Å². The first-order valence-corrected chi connectivity index (χ1v) is 5.73. The second kappa shape index (κ2) is 8.49. The van der Waals surface area contributed by atoms with Crippen LogP contribution in [0.5, 0.6) is 0 Å². The van der Waals surface area contributed by atoms with E-state index in [0.717, 1.165) is 0 Å². The maximum absolute atomic E-state index is 10.3. The highest BCUT2D eigenvalue weighted by atomic mass is 32.3. The van der Waals surface area contributed by atoms with Gasteiger partial charge in [0.15, 0.2) is 0 Å². The summed E-state index contributed by atoms with van der Waals surface area (Å²) in [5.74, 6) is 0. The van der Waals surface area contributed by atoms with Crippen LogP contribution < -0.4 is 0 Å². The van der Waals surface area contributed by atoms with Crippen molar-refractivity contribution >= 4 is 18.7 Å². The molecule has 9 heteroatoms. The van der Waals surface area contributed by atoms with Crippen LogP contribution in [0.25, 0.3) is 0 Å². The average Bonchev–Trinajstić information content (AvgIpc) is 1.84. The van der Waals surface area contributed by atoms with Gasteiger partial charge in [-0.2, -0.15) is 8.42 Å². The van der Waals surface area contributed by atoms with Crippen LogP contribution >= 0.6 is 8.25 Å². The van der Waals surface area contributed by atoms with Crippen LogP contribution in [0.3, 0.4) is 0 Å². The average molecular weight is 235 g/mol. The molecule has 7 nitrogen and oxygen atoms in total. The summed E-state index contributed by atoms with van der Waals surface area (Å²) >= 11 is 0. The van der Waals surface area contributed by atoms with Gasteiger partial charge in [0, 0.05) is 4.57 Å². The highest BCUT2D eigenvalue weighted by molar-refractivity contribution is 7.79. The van der Waals surface area contributed by atoms with Gasteiger partial charge in [-0.1, -0.05) is 0 Å². The van der Waals surface area contributed by atoms with Crippen molar-refractivity contribution in [3.05, 3.63) is 0 Å². The predicted molar refractivity (Wildman–Crippen MR) is 45.0 cm³/mol. The molecule has 80 valence electrons. The van der Waals surface area contributed by atoms with Crippen molar-refractivity contribution in [3.63, 3.8) is 0 Å². The van der Waals surface area contributed by atoms with Crippen molar-refractivity contribution in [1.29, 1.82) is 0 Å². The van der Waals surface area contributed by atoms with E-state index in [4.69, 9.17) is 17.5 Å². The zero-order valence-corrected chi connectivity index (χ0v) is 8.92. The molecule has 0 spiro atoms. The third-order valence-electron chi connectivity index (χ3n) is 0.469. The SMILES string of the molecule is CCO[P+](=O)OCC.O=S(=O)(O)O. The van der Waals surface area contributed by atoms with Crippen molar-refractivity contribution in [2.24, 2.45) is 0 Å². The lowest BCUT2D eigenvalue weighted by Crippen LogP contribution is -1.89. The van der Waals surface area contributed by atoms with Crippen molar-refractivity contribution in [2.75, 3.05) is 13.2 Å². The minimum atomic E-state index is -4.67. The molecule has 0 aliphatic rings. The molecule has 0 bridgehead atoms. The maximum Gasteiger partial charge on any atom is 0.697 e. The number of hydrogen-bond donors (Lipinski definition) is 2. The second-order valence-electron chi connectivity index (χ2n) is 1.51. The van der Waals surface area contributed by atoms with Gasteiger partial charge in [-0.05, 0) is 13.8 Å². The van der Waals surface area contributed by atoms with E-state index in [2.05, 4.69) is 9.05 Å². The van der Waals surface area contributed by atoms with Crippen molar-refractivity contribution in [2.45, 2.75) is 13.8 Å². The molecule has 0 aromatic rings. The van der Waals surface area contributed by atoms with E-state index in [-0.39, 0.29) is 0 Å². The zero-order valence-electron chi connectivity index (χ0n) is 7.21. The minimum Gasteiger partial charge on any atom is -0.264 e. The second-order valence-corrected chi connectivity index (χ2v) is 3.37. The molecule has 0 fully saturated rings. The molecule has 0 saturated carbocycles. The Labute approximate surface area is 77.6 Å². The van der Waals surface area contributed by atoms with Crippen LogP contribution in [0.15, 0.2) is 0 Å². The lowest BCUT2D eigenvalue weighted by Gasteiger charge is -1.78. The molecule has 0 aromatic carbocycles. The standard InChI is InChI=1S/C4H10O3P.H2O4S/c1-3-6-8(5)7-4-2;1-5(2,3)4/h3-4H2,1-2H3;(H2,1,2,3,4)/q+1;. The Morgan fingerprint density at radius 3 is 1.54 bits per heavy atom. The Morgan fingerprint density at radius 2 is 1.38 bits per heavy atom. The fourth-order valence-electron chi connectivity index (χ4n) is 0.248. The van der Waals surface area contributed by atoms with Crippen molar-refractivity contribution < 1.29 is 31.1 Å². The Kier molecular flexibility index (Phi) is 10.0. The first-order valence-electron chi connectivity index (χ1n) is 3.24. The summed E-state index contributed by atoms with van der Waals surface area (Å²) in [6.07, 6.45) is 0. The number of hydrogen-bond acceptors (Lipinski definition) is 5. The largest absolute Gasteiger partial charge is 0.697 e. The lowest BCUT2D eigenvalue weighted by molar-refractivity contribution is 0.243. The maximum atomic E-state index is 10.3. The van der Waals surface area contributed by atoms with Gasteiger partial charge in [-0.25, -0.2) is 0 Å². The normalized spacial score (nSPS) is 10.2. The topological polar surface area (TPSA) is 110 Å². The smallest absolute Gasteiger partial charge is 0.264 e. The van der Waals surface area contributed by atoms with Crippen LogP contribution in [0.2, 0.25) is 0 Å². The van der Waals surface area contributed by atoms with Gasteiger partial charge in [-0.3, -0.25) is 9.11 Å². The van der Waals surface area contributed by atoms with E-state index in [0.29, 0.717) is 13.2 Å². The molecule has 0 saturated heterocycles. The molecule has 0 heterocycles. The van der Waals surface area contributed by atoms with Crippen molar-refractivity contribution in [3.8, 4) is 0 Å². The molecule has 0 rings (SSSR count). The number of rotatable bonds is 4. The molecular formula is C4H12O7PS+. The highest BCUT2D eigenvalue weighted by Crippen LogP contribution is 2.21. The summed E-state index contributed by atoms with van der Waals surface area (Å²) in [4.78, 5) is 0. The summed E-state index contributed by atoms with van der Waals surface area (Å²) < 4.78 is 51.1. The van der Waals surface area contributed by atoms with E-state index in [1.807, 2.05) is 0 Å². The monoisotopic (exact) mass is 235 g/mol. The fourth-order valence-corrected chi connectivity index (χ4v) is 0.744. The van der Waals surface area contributed by atoms with Gasteiger partial charge < -0.3 is 0 Å². The Morgan fingerprint density at radius 1 is 1.15 bits per heavy atom. The van der Waals surface area contributed by atoms with Crippen LogP contribution in [0.1, 0.15) is 13.8 Å². The Bertz CT molecular complexity index is 207. The summed E-state index contributed by atoms with van der Waals surface area (Å²) in [5.41, 5.74) is 0. The third-order valence-corrected chi connectivity index (χ3v) is 1.41. The molecular weight excluding hydrogens is 223 g/mol. The van der Waals surface area contributed by atoms with Gasteiger partial charge in [0.2, 0.25) is 0 Å². The molecule has 13 heavy (non-hydrogen) atoms. The molecule has 0 atom stereocenters. The lowest BCUT2D eigenvalue weighted by atomic mass is 10.9. The quantitative estimate of drug-likeness (QED) is 0.553. The Balaban J connectivity index is 0. The van der Waals surface area contributed by atoms with E-state index < -0.39 is 18.7 Å². The fraction of sp³-hybridized carbons (Fsp3) is 1.00. The molecule has 0 aliphatic heterocycles. The molecule has 0 aliphatic carbocycles. The van der Waals surface area contributed by atoms with E-state index >= 15 is 0 Å². The van der Waals surface area contributed by atoms with Gasteiger partial charge in [-0.15, -0.1) is 9.05 Å². The van der Waals surface area contributed by atoms with E-state index in [9.17, 15) is 4.57 Å². The molecule has 0 radical (unpaired) electrons. The Hall–Kier alpha value is -0.110. The van der Waals surface area contributed by atoms with E-state index in [1.54, 1.807) is 13.8 Å². The first kappa shape index (κ1) is 15.4. The molecule has 0 unspecified atom stereocenters. The summed E-state index contributed by atoms with van der Waals surface area (Å²) in [6.45, 7) is 4.42.